The third-order valence-corrected chi connectivity index (χ3v) is 6.59. The van der Waals surface area contributed by atoms with Gasteiger partial charge in [0.2, 0.25) is 0 Å². The van der Waals surface area contributed by atoms with Gasteiger partial charge in [-0.3, -0.25) is 9.69 Å². The lowest BCUT2D eigenvalue weighted by molar-refractivity contribution is -0.143. The topological polar surface area (TPSA) is 113 Å². The number of anilines is 1. The van der Waals surface area contributed by atoms with Crippen LogP contribution in [0.1, 0.15) is 5.69 Å². The van der Waals surface area contributed by atoms with Crippen LogP contribution in [0.4, 0.5) is 14.9 Å². The van der Waals surface area contributed by atoms with E-state index in [1.807, 2.05) is 34.2 Å². The third kappa shape index (κ3) is 5.11. The number of carbonyl (C=O) groups excluding carboxylic acids is 2. The number of cyclic esters (lactones) is 1. The average Bonchev–Trinajstić information content (AvgIpc) is 3.65. The van der Waals surface area contributed by atoms with Gasteiger partial charge >= 0.3 is 12.1 Å². The van der Waals surface area contributed by atoms with Gasteiger partial charge in [0.15, 0.2) is 0 Å². The molecular weight excluding hydrogens is 485 g/mol. The Bertz CT molecular complexity index is 1370. The number of ether oxygens (including phenoxy) is 2. The molecule has 4 aromatic rings. The highest BCUT2D eigenvalue weighted by atomic mass is 32.1. The molecule has 2 aromatic heterocycles. The fraction of sp³-hybridized carbons (Fsp3) is 0.200. The summed E-state index contributed by atoms with van der Waals surface area (Å²) in [5.74, 6) is -0.928. The number of rotatable bonds is 8. The fourth-order valence-corrected chi connectivity index (χ4v) is 4.69. The molecule has 2 N–H and O–H groups in total. The normalized spacial score (nSPS) is 15.2. The summed E-state index contributed by atoms with van der Waals surface area (Å²) < 4.78 is 27.3. The largest absolute Gasteiger partial charge is 0.458 e. The number of nitrogens with zero attached hydrogens (tertiary/aromatic N) is 4. The number of hydrogen-bond donors (Lipinski definition) is 1. The van der Waals surface area contributed by atoms with E-state index in [4.69, 9.17) is 15.2 Å². The zero-order valence-corrected chi connectivity index (χ0v) is 19.9. The van der Waals surface area contributed by atoms with Crippen molar-refractivity contribution < 1.29 is 23.5 Å². The number of hydrogen-bond acceptors (Lipinski definition) is 8. The molecule has 184 valence electrons. The van der Waals surface area contributed by atoms with Crippen LogP contribution in [0.5, 0.6) is 0 Å². The Labute approximate surface area is 209 Å². The highest BCUT2D eigenvalue weighted by Crippen LogP contribution is 2.31. The number of esters is 1. The maximum atomic E-state index is 15.1. The first-order valence-electron chi connectivity index (χ1n) is 11.1. The maximum absolute atomic E-state index is 15.1. The van der Waals surface area contributed by atoms with Crippen LogP contribution in [0.3, 0.4) is 0 Å². The minimum Gasteiger partial charge on any atom is -0.458 e. The van der Waals surface area contributed by atoms with Gasteiger partial charge in [0.05, 0.1) is 37.3 Å². The summed E-state index contributed by atoms with van der Waals surface area (Å²) in [4.78, 5) is 33.5. The van der Waals surface area contributed by atoms with Crippen molar-refractivity contribution in [2.45, 2.75) is 19.3 Å². The lowest BCUT2D eigenvalue weighted by Crippen LogP contribution is -2.25. The molecule has 9 nitrogen and oxygen atoms in total. The number of carbonyl (C=O) groups is 2. The quantitative estimate of drug-likeness (QED) is 0.361. The number of nitrogens with two attached hydrogens (primary N) is 1. The van der Waals surface area contributed by atoms with Gasteiger partial charge in [-0.15, -0.1) is 11.3 Å². The number of thiazole rings is 1. The van der Waals surface area contributed by atoms with Crippen LogP contribution in [0.2, 0.25) is 0 Å². The first-order chi connectivity index (χ1) is 17.5. The number of aromatic nitrogens is 3. The Kier molecular flexibility index (Phi) is 6.74. The van der Waals surface area contributed by atoms with Gasteiger partial charge in [0.1, 0.15) is 23.5 Å². The second-order valence-electron chi connectivity index (χ2n) is 8.13. The molecule has 1 saturated heterocycles. The summed E-state index contributed by atoms with van der Waals surface area (Å²) in [6.45, 7) is 0.697. The average molecular weight is 508 g/mol. The van der Waals surface area contributed by atoms with Crippen LogP contribution >= 0.6 is 11.3 Å². The Balaban J connectivity index is 1.26. The summed E-state index contributed by atoms with van der Waals surface area (Å²) in [5, 5.41) is 2.57. The van der Waals surface area contributed by atoms with Crippen LogP contribution in [-0.2, 0) is 27.4 Å². The van der Waals surface area contributed by atoms with Gasteiger partial charge in [-0.25, -0.2) is 19.2 Å². The first-order valence-corrected chi connectivity index (χ1v) is 12.0. The Morgan fingerprint density at radius 3 is 2.75 bits per heavy atom. The molecule has 0 unspecified atom stereocenters. The number of imidazole rings is 1. The van der Waals surface area contributed by atoms with Crippen molar-refractivity contribution in [1.29, 1.82) is 0 Å². The summed E-state index contributed by atoms with van der Waals surface area (Å²) in [5.41, 5.74) is 8.28. The third-order valence-electron chi connectivity index (χ3n) is 5.65. The maximum Gasteiger partial charge on any atom is 0.414 e. The molecule has 0 bridgehead atoms. The fourth-order valence-electron chi connectivity index (χ4n) is 3.87. The highest BCUT2D eigenvalue weighted by molar-refractivity contribution is 7.13. The van der Waals surface area contributed by atoms with E-state index < -0.39 is 17.9 Å². The smallest absolute Gasteiger partial charge is 0.414 e. The number of benzene rings is 2. The van der Waals surface area contributed by atoms with Crippen molar-refractivity contribution in [2.75, 3.05) is 18.0 Å². The van der Waals surface area contributed by atoms with Crippen molar-refractivity contribution in [3.8, 4) is 21.7 Å². The van der Waals surface area contributed by atoms with Crippen molar-refractivity contribution in [2.24, 2.45) is 5.73 Å². The molecule has 2 aromatic carbocycles. The number of halogens is 1. The minimum atomic E-state index is -0.503. The highest BCUT2D eigenvalue weighted by Gasteiger charge is 2.32. The molecule has 36 heavy (non-hydrogen) atoms. The van der Waals surface area contributed by atoms with Gasteiger partial charge in [0, 0.05) is 28.9 Å². The Morgan fingerprint density at radius 2 is 2.03 bits per heavy atom. The van der Waals surface area contributed by atoms with Crippen LogP contribution in [0.15, 0.2) is 66.6 Å². The first kappa shape index (κ1) is 23.6. The molecule has 0 spiro atoms. The van der Waals surface area contributed by atoms with Crippen molar-refractivity contribution in [1.82, 2.24) is 14.5 Å². The summed E-state index contributed by atoms with van der Waals surface area (Å²) >= 11 is 1.42. The second-order valence-corrected chi connectivity index (χ2v) is 8.98. The van der Waals surface area contributed by atoms with E-state index in [2.05, 4.69) is 9.97 Å². The summed E-state index contributed by atoms with van der Waals surface area (Å²) in [6.07, 6.45) is 4.26. The van der Waals surface area contributed by atoms with E-state index in [1.54, 1.807) is 30.9 Å². The summed E-state index contributed by atoms with van der Waals surface area (Å²) in [7, 11) is 0. The molecule has 1 fully saturated rings. The molecule has 0 radical (unpaired) electrons. The predicted molar refractivity (Wildman–Crippen MR) is 132 cm³/mol. The van der Waals surface area contributed by atoms with Crippen LogP contribution < -0.4 is 10.6 Å². The standard InChI is InChI=1S/C25H22FN5O4S/c26-22-9-19(31-12-20(35-25(31)33)11-30-8-7-28-15-30)5-6-21(22)16-1-3-17(4-2-16)24-29-18(14-36-24)13-34-23(32)10-27/h1-9,14-15,20H,10-13,27H2/t20-/m0/s1. The van der Waals surface area contributed by atoms with Crippen molar-refractivity contribution in [3.63, 3.8) is 0 Å². The SMILES string of the molecule is NCC(=O)OCc1csc(-c2ccc(-c3ccc(N4C[C@H](Cn5ccnc5)OC4=O)cc3F)cc2)n1. The second kappa shape index (κ2) is 10.3. The molecule has 11 heteroatoms. The Hall–Kier alpha value is -4.09. The predicted octanol–water partition coefficient (Wildman–Crippen LogP) is 3.84. The molecule has 1 aliphatic heterocycles. The lowest BCUT2D eigenvalue weighted by Gasteiger charge is -2.14. The van der Waals surface area contributed by atoms with E-state index in [1.165, 1.54) is 22.3 Å². The van der Waals surface area contributed by atoms with Crippen molar-refractivity contribution >= 4 is 29.1 Å². The van der Waals surface area contributed by atoms with E-state index in [9.17, 15) is 9.59 Å². The molecule has 0 saturated carbocycles. The summed E-state index contributed by atoms with van der Waals surface area (Å²) in [6, 6.07) is 12.1. The monoisotopic (exact) mass is 507 g/mol. The van der Waals surface area contributed by atoms with Gasteiger partial charge in [-0.05, 0) is 23.8 Å². The molecular formula is C25H22FN5O4S. The Morgan fingerprint density at radius 1 is 1.22 bits per heavy atom. The van der Waals surface area contributed by atoms with Gasteiger partial charge in [0.25, 0.3) is 0 Å². The lowest BCUT2D eigenvalue weighted by atomic mass is 10.0. The van der Waals surface area contributed by atoms with Crippen LogP contribution in [0, 0.1) is 5.82 Å². The molecule has 3 heterocycles. The zero-order valence-electron chi connectivity index (χ0n) is 19.0. The van der Waals surface area contributed by atoms with E-state index in [0.717, 1.165) is 10.6 Å². The van der Waals surface area contributed by atoms with E-state index in [0.29, 0.717) is 35.6 Å². The van der Waals surface area contributed by atoms with Crippen LogP contribution in [0.25, 0.3) is 21.7 Å². The molecule has 0 aliphatic carbocycles. The minimum absolute atomic E-state index is 0.0665. The number of amides is 1. The van der Waals surface area contributed by atoms with E-state index >= 15 is 4.39 Å². The van der Waals surface area contributed by atoms with Gasteiger partial charge in [-0.2, -0.15) is 0 Å². The molecule has 1 atom stereocenters. The molecule has 1 amide bonds. The van der Waals surface area contributed by atoms with Gasteiger partial charge < -0.3 is 19.8 Å². The molecule has 1 aliphatic rings. The molecule has 5 rings (SSSR count). The van der Waals surface area contributed by atoms with Gasteiger partial charge in [-0.1, -0.05) is 24.3 Å². The zero-order chi connectivity index (χ0) is 25.1. The van der Waals surface area contributed by atoms with Crippen molar-refractivity contribution in [3.05, 3.63) is 78.1 Å². The van der Waals surface area contributed by atoms with E-state index in [-0.39, 0.29) is 19.3 Å². The van der Waals surface area contributed by atoms with Crippen LogP contribution in [-0.4, -0.2) is 45.8 Å².